The summed E-state index contributed by atoms with van der Waals surface area (Å²) in [4.78, 5) is 26.7. The van der Waals surface area contributed by atoms with Crippen molar-refractivity contribution >= 4 is 28.2 Å². The summed E-state index contributed by atoms with van der Waals surface area (Å²) in [5.74, 6) is 1.11. The van der Waals surface area contributed by atoms with E-state index in [4.69, 9.17) is 19.9 Å². The van der Waals surface area contributed by atoms with E-state index in [1.54, 1.807) is 12.1 Å². The molecule has 1 unspecified atom stereocenters. The van der Waals surface area contributed by atoms with Crippen molar-refractivity contribution < 1.29 is 23.8 Å². The van der Waals surface area contributed by atoms with Crippen molar-refractivity contribution in [2.75, 3.05) is 25.1 Å². The molecule has 8 heteroatoms. The molecule has 1 aromatic heterocycles. The first-order chi connectivity index (χ1) is 15.9. The number of amides is 2. The Bertz CT molecular complexity index is 974. The molecule has 3 rings (SSSR count). The maximum atomic E-state index is 13.2. The van der Waals surface area contributed by atoms with Crippen LogP contribution in [-0.2, 0) is 12.8 Å². The first-order valence-electron chi connectivity index (χ1n) is 11.7. The first-order valence-corrected chi connectivity index (χ1v) is 12.6. The normalized spacial score (nSPS) is 15.0. The number of fused-ring (bicyclic) bond motifs is 1. The molecule has 1 atom stereocenters. The van der Waals surface area contributed by atoms with Gasteiger partial charge in [-0.05, 0) is 63.6 Å². The quantitative estimate of drug-likeness (QED) is 0.466. The maximum Gasteiger partial charge on any atom is 0.256 e. The monoisotopic (exact) mass is 474 g/mol. The molecule has 0 spiro atoms. The highest BCUT2D eigenvalue weighted by atomic mass is 32.1. The second-order valence-corrected chi connectivity index (χ2v) is 9.13. The van der Waals surface area contributed by atoms with Crippen molar-refractivity contribution in [3.63, 3.8) is 0 Å². The molecule has 7 nitrogen and oxygen atoms in total. The van der Waals surface area contributed by atoms with Crippen molar-refractivity contribution in [1.29, 1.82) is 0 Å². The highest BCUT2D eigenvalue weighted by Gasteiger charge is 2.29. The van der Waals surface area contributed by atoms with Crippen LogP contribution in [0.1, 0.15) is 78.1 Å². The lowest BCUT2D eigenvalue weighted by atomic mass is 9.84. The lowest BCUT2D eigenvalue weighted by molar-refractivity contribution is 0.1000. The highest BCUT2D eigenvalue weighted by molar-refractivity contribution is 7.17. The molecule has 0 bridgehead atoms. The van der Waals surface area contributed by atoms with Gasteiger partial charge in [0.2, 0.25) is 5.75 Å². The van der Waals surface area contributed by atoms with Gasteiger partial charge in [-0.3, -0.25) is 9.59 Å². The summed E-state index contributed by atoms with van der Waals surface area (Å²) in [6.45, 7) is 9.06. The van der Waals surface area contributed by atoms with Crippen LogP contribution >= 0.6 is 11.3 Å². The van der Waals surface area contributed by atoms with Crippen LogP contribution < -0.4 is 25.3 Å². The minimum Gasteiger partial charge on any atom is -0.490 e. The van der Waals surface area contributed by atoms with Gasteiger partial charge in [0.25, 0.3) is 11.8 Å². The summed E-state index contributed by atoms with van der Waals surface area (Å²) >= 11 is 1.46. The van der Waals surface area contributed by atoms with E-state index in [2.05, 4.69) is 12.2 Å². The number of benzene rings is 1. The van der Waals surface area contributed by atoms with Crippen molar-refractivity contribution in [2.24, 2.45) is 11.7 Å². The van der Waals surface area contributed by atoms with Gasteiger partial charge in [-0.2, -0.15) is 0 Å². The molecule has 3 N–H and O–H groups in total. The Morgan fingerprint density at radius 3 is 2.24 bits per heavy atom. The molecular weight excluding hydrogens is 440 g/mol. The fourth-order valence-corrected chi connectivity index (χ4v) is 5.71. The Hall–Kier alpha value is -2.74. The summed E-state index contributed by atoms with van der Waals surface area (Å²) in [6.07, 6.45) is 5.09. The van der Waals surface area contributed by atoms with Gasteiger partial charge < -0.3 is 25.3 Å². The van der Waals surface area contributed by atoms with Crippen LogP contribution in [0.25, 0.3) is 0 Å². The Morgan fingerprint density at radius 1 is 1.06 bits per heavy atom. The van der Waals surface area contributed by atoms with Crippen LogP contribution in [0.2, 0.25) is 0 Å². The first kappa shape index (κ1) is 24.9. The third-order valence-corrected chi connectivity index (χ3v) is 6.88. The largest absolute Gasteiger partial charge is 0.490 e. The zero-order chi connectivity index (χ0) is 24.0. The predicted octanol–water partition coefficient (Wildman–Crippen LogP) is 5.20. The van der Waals surface area contributed by atoms with Crippen LogP contribution in [0.4, 0.5) is 5.00 Å². The molecule has 1 heterocycles. The Labute approximate surface area is 199 Å². The molecule has 0 saturated heterocycles. The Balaban J connectivity index is 1.94. The summed E-state index contributed by atoms with van der Waals surface area (Å²) in [7, 11) is 0. The van der Waals surface area contributed by atoms with E-state index < -0.39 is 5.91 Å². The molecule has 1 aliphatic carbocycles. The molecule has 1 aliphatic rings. The van der Waals surface area contributed by atoms with Gasteiger partial charge >= 0.3 is 0 Å². The maximum absolute atomic E-state index is 13.2. The average molecular weight is 475 g/mol. The van der Waals surface area contributed by atoms with E-state index in [1.807, 2.05) is 20.8 Å². The number of ether oxygens (including phenoxy) is 3. The topological polar surface area (TPSA) is 99.9 Å². The standard InChI is InChI=1S/C25H34N2O5S/c1-5-9-15-10-11-17-20(12-15)33-25(21(17)23(26)28)27-24(29)16-13-18(30-6-2)22(32-8-4)19(14-16)31-7-3/h13-15H,5-12H2,1-4H3,(H2,26,28)(H,27,29). The van der Waals surface area contributed by atoms with Gasteiger partial charge in [0, 0.05) is 10.4 Å². The number of nitrogens with two attached hydrogens (primary N) is 1. The molecule has 1 aromatic carbocycles. The van der Waals surface area contributed by atoms with E-state index in [-0.39, 0.29) is 5.91 Å². The van der Waals surface area contributed by atoms with Crippen molar-refractivity contribution in [3.05, 3.63) is 33.7 Å². The summed E-state index contributed by atoms with van der Waals surface area (Å²) in [6, 6.07) is 3.28. The number of nitrogens with one attached hydrogen (secondary N) is 1. The summed E-state index contributed by atoms with van der Waals surface area (Å²) < 4.78 is 17.2. The zero-order valence-electron chi connectivity index (χ0n) is 19.9. The highest BCUT2D eigenvalue weighted by Crippen LogP contribution is 2.42. The number of rotatable bonds is 11. The lowest BCUT2D eigenvalue weighted by Gasteiger charge is -2.21. The fourth-order valence-electron chi connectivity index (χ4n) is 4.35. The summed E-state index contributed by atoms with van der Waals surface area (Å²) in [5, 5.41) is 3.44. The number of carbonyl (C=O) groups excluding carboxylic acids is 2. The number of hydrogen-bond acceptors (Lipinski definition) is 6. The van der Waals surface area contributed by atoms with E-state index in [9.17, 15) is 9.59 Å². The van der Waals surface area contributed by atoms with Crippen LogP contribution in [0.15, 0.2) is 12.1 Å². The minimum atomic E-state index is -0.506. The second kappa shape index (κ2) is 11.4. The van der Waals surface area contributed by atoms with Gasteiger partial charge in [0.15, 0.2) is 11.5 Å². The molecule has 0 saturated carbocycles. The Morgan fingerprint density at radius 2 is 1.70 bits per heavy atom. The van der Waals surface area contributed by atoms with Crippen molar-refractivity contribution in [1.82, 2.24) is 0 Å². The van der Waals surface area contributed by atoms with Gasteiger partial charge in [0.05, 0.1) is 25.4 Å². The molecular formula is C25H34N2O5S. The van der Waals surface area contributed by atoms with E-state index >= 15 is 0 Å². The SMILES string of the molecule is CCCC1CCc2c(sc(NC(=O)c3cc(OCC)c(OCC)c(OCC)c3)c2C(N)=O)C1. The Kier molecular flexibility index (Phi) is 8.61. The fraction of sp³-hybridized carbons (Fsp3) is 0.520. The minimum absolute atomic E-state index is 0.355. The van der Waals surface area contributed by atoms with Crippen molar-refractivity contribution in [3.8, 4) is 17.2 Å². The lowest BCUT2D eigenvalue weighted by Crippen LogP contribution is -2.20. The van der Waals surface area contributed by atoms with E-state index in [0.29, 0.717) is 59.1 Å². The average Bonchev–Trinajstić information content (AvgIpc) is 3.13. The molecule has 0 fully saturated rings. The van der Waals surface area contributed by atoms with Crippen LogP contribution in [0.5, 0.6) is 17.2 Å². The molecule has 0 aliphatic heterocycles. The van der Waals surface area contributed by atoms with Gasteiger partial charge in [0.1, 0.15) is 5.00 Å². The van der Waals surface area contributed by atoms with Crippen LogP contribution in [0, 0.1) is 5.92 Å². The van der Waals surface area contributed by atoms with E-state index in [0.717, 1.165) is 42.5 Å². The zero-order valence-corrected chi connectivity index (χ0v) is 20.7. The number of thiophene rings is 1. The van der Waals surface area contributed by atoms with Gasteiger partial charge in [-0.1, -0.05) is 19.8 Å². The van der Waals surface area contributed by atoms with Crippen LogP contribution in [0.3, 0.4) is 0 Å². The van der Waals surface area contributed by atoms with Crippen LogP contribution in [-0.4, -0.2) is 31.6 Å². The molecule has 33 heavy (non-hydrogen) atoms. The predicted molar refractivity (Wildman–Crippen MR) is 131 cm³/mol. The number of primary amides is 1. The third-order valence-electron chi connectivity index (χ3n) is 5.71. The number of hydrogen-bond donors (Lipinski definition) is 2. The smallest absolute Gasteiger partial charge is 0.256 e. The molecule has 0 radical (unpaired) electrons. The number of carbonyl (C=O) groups is 2. The van der Waals surface area contributed by atoms with Gasteiger partial charge in [-0.25, -0.2) is 0 Å². The third kappa shape index (κ3) is 5.61. The van der Waals surface area contributed by atoms with E-state index in [1.165, 1.54) is 11.3 Å². The van der Waals surface area contributed by atoms with Crippen molar-refractivity contribution in [2.45, 2.75) is 59.8 Å². The number of anilines is 1. The second-order valence-electron chi connectivity index (χ2n) is 8.02. The van der Waals surface area contributed by atoms with Gasteiger partial charge in [-0.15, -0.1) is 11.3 Å². The molecule has 2 aromatic rings. The molecule has 180 valence electrons. The summed E-state index contributed by atoms with van der Waals surface area (Å²) in [5.41, 5.74) is 7.52. The molecule has 2 amide bonds.